The molecule has 0 aromatic heterocycles. The molecule has 0 amide bonds. The monoisotopic (exact) mass is 276 g/mol. The van der Waals surface area contributed by atoms with Gasteiger partial charge in [0.15, 0.2) is 0 Å². The van der Waals surface area contributed by atoms with Gasteiger partial charge in [-0.3, -0.25) is 4.99 Å². The van der Waals surface area contributed by atoms with Crippen LogP contribution in [0.3, 0.4) is 0 Å². The van der Waals surface area contributed by atoms with E-state index in [4.69, 9.17) is 0 Å². The fraction of sp³-hybridized carbons (Fsp3) is 0.611. The highest BCUT2D eigenvalue weighted by Gasteiger charge is 2.02. The Balaban J connectivity index is 4.54. The van der Waals surface area contributed by atoms with Gasteiger partial charge in [0.25, 0.3) is 0 Å². The number of allylic oxidation sites excluding steroid dienone is 5. The van der Waals surface area contributed by atoms with E-state index in [1.807, 2.05) is 26.1 Å². The standard InChI is InChI=1S/C18H32N2/c1-7-9-10-14-20(13-8-2)18(6)11-12-19-17(5)15-16(3)4/h11-12,15H,3,7-10,13-14H2,1-2,4-6H3/b17-15+,18-11+,19-12+. The van der Waals surface area contributed by atoms with Crippen molar-refractivity contribution in [2.45, 2.75) is 60.3 Å². The largest absolute Gasteiger partial charge is 0.375 e. The van der Waals surface area contributed by atoms with Gasteiger partial charge in [0.1, 0.15) is 0 Å². The van der Waals surface area contributed by atoms with Crippen LogP contribution in [0, 0.1) is 0 Å². The van der Waals surface area contributed by atoms with Crippen molar-refractivity contribution < 1.29 is 0 Å². The maximum atomic E-state index is 4.42. The minimum Gasteiger partial charge on any atom is -0.375 e. The fourth-order valence-corrected chi connectivity index (χ4v) is 2.05. The van der Waals surface area contributed by atoms with Gasteiger partial charge in [-0.15, -0.1) is 0 Å². The number of nitrogens with zero attached hydrogens (tertiary/aromatic N) is 2. The average Bonchev–Trinajstić information content (AvgIpc) is 2.37. The van der Waals surface area contributed by atoms with Gasteiger partial charge in [0.2, 0.25) is 0 Å². The SMILES string of the molecule is C=C(C)/C=C(C)/N=C/C=C(\C)N(CCC)CCCCC. The van der Waals surface area contributed by atoms with Crippen molar-refractivity contribution in [2.75, 3.05) is 13.1 Å². The second-order valence-corrected chi connectivity index (χ2v) is 5.41. The average molecular weight is 276 g/mol. The molecule has 2 nitrogen and oxygen atoms in total. The highest BCUT2D eigenvalue weighted by atomic mass is 15.1. The summed E-state index contributed by atoms with van der Waals surface area (Å²) < 4.78 is 0. The van der Waals surface area contributed by atoms with Crippen LogP contribution < -0.4 is 0 Å². The molecule has 0 aliphatic heterocycles. The summed E-state index contributed by atoms with van der Waals surface area (Å²) in [5, 5.41) is 0. The molecule has 0 rings (SSSR count). The molecule has 0 spiro atoms. The van der Waals surface area contributed by atoms with E-state index >= 15 is 0 Å². The van der Waals surface area contributed by atoms with Crippen molar-refractivity contribution in [3.05, 3.63) is 35.7 Å². The van der Waals surface area contributed by atoms with Crippen LogP contribution in [0.2, 0.25) is 0 Å². The number of aliphatic imine (C=N–C) groups is 1. The summed E-state index contributed by atoms with van der Waals surface area (Å²) in [6.45, 7) is 16.8. The van der Waals surface area contributed by atoms with Crippen LogP contribution in [0.25, 0.3) is 0 Å². The van der Waals surface area contributed by atoms with Crippen LogP contribution in [0.1, 0.15) is 60.3 Å². The molecule has 20 heavy (non-hydrogen) atoms. The zero-order valence-corrected chi connectivity index (χ0v) is 14.1. The predicted molar refractivity (Wildman–Crippen MR) is 92.2 cm³/mol. The quantitative estimate of drug-likeness (QED) is 0.298. The Morgan fingerprint density at radius 2 is 1.75 bits per heavy atom. The van der Waals surface area contributed by atoms with E-state index < -0.39 is 0 Å². The van der Waals surface area contributed by atoms with Gasteiger partial charge < -0.3 is 4.90 Å². The van der Waals surface area contributed by atoms with Crippen molar-refractivity contribution in [2.24, 2.45) is 4.99 Å². The van der Waals surface area contributed by atoms with Gasteiger partial charge in [-0.2, -0.15) is 0 Å². The predicted octanol–water partition coefficient (Wildman–Crippen LogP) is 5.34. The van der Waals surface area contributed by atoms with Gasteiger partial charge in [-0.1, -0.05) is 38.8 Å². The van der Waals surface area contributed by atoms with Crippen molar-refractivity contribution in [3.63, 3.8) is 0 Å². The Kier molecular flexibility index (Phi) is 10.8. The molecule has 0 heterocycles. The second-order valence-electron chi connectivity index (χ2n) is 5.41. The first kappa shape index (κ1) is 18.7. The van der Waals surface area contributed by atoms with E-state index in [1.165, 1.54) is 31.4 Å². The molecule has 0 unspecified atom stereocenters. The summed E-state index contributed by atoms with van der Waals surface area (Å²) in [6.07, 6.45) is 11.0. The first-order chi connectivity index (χ1) is 9.51. The Labute approximate surface area is 126 Å². The highest BCUT2D eigenvalue weighted by Crippen LogP contribution is 2.07. The van der Waals surface area contributed by atoms with E-state index in [0.717, 1.165) is 24.4 Å². The lowest BCUT2D eigenvalue weighted by molar-refractivity contribution is 0.336. The third-order valence-electron chi connectivity index (χ3n) is 3.07. The van der Waals surface area contributed by atoms with Gasteiger partial charge in [-0.25, -0.2) is 0 Å². The molecule has 0 N–H and O–H groups in total. The van der Waals surface area contributed by atoms with Crippen molar-refractivity contribution in [1.29, 1.82) is 0 Å². The molecule has 2 heteroatoms. The first-order valence-corrected chi connectivity index (χ1v) is 7.80. The second kappa shape index (κ2) is 11.5. The van der Waals surface area contributed by atoms with E-state index in [0.29, 0.717) is 0 Å². The van der Waals surface area contributed by atoms with Crippen LogP contribution in [0.5, 0.6) is 0 Å². The lowest BCUT2D eigenvalue weighted by Crippen LogP contribution is -2.24. The zero-order chi connectivity index (χ0) is 15.4. The Bertz CT molecular complexity index is 362. The molecule has 0 aromatic rings. The third kappa shape index (κ3) is 9.60. The molecule has 0 fully saturated rings. The molecular weight excluding hydrogens is 244 g/mol. The first-order valence-electron chi connectivity index (χ1n) is 7.80. The maximum absolute atomic E-state index is 4.42. The zero-order valence-electron chi connectivity index (χ0n) is 14.1. The minimum atomic E-state index is 0.995. The normalized spacial score (nSPS) is 13.1. The topological polar surface area (TPSA) is 15.6 Å². The summed E-state index contributed by atoms with van der Waals surface area (Å²) in [5.41, 5.74) is 3.33. The molecule has 0 radical (unpaired) electrons. The fourth-order valence-electron chi connectivity index (χ4n) is 2.05. The van der Waals surface area contributed by atoms with Gasteiger partial charge in [0, 0.05) is 30.7 Å². The molecule has 0 aromatic carbocycles. The van der Waals surface area contributed by atoms with Crippen molar-refractivity contribution in [3.8, 4) is 0 Å². The van der Waals surface area contributed by atoms with Gasteiger partial charge in [0.05, 0.1) is 0 Å². The Morgan fingerprint density at radius 3 is 2.30 bits per heavy atom. The molecule has 0 saturated carbocycles. The van der Waals surface area contributed by atoms with E-state index in [-0.39, 0.29) is 0 Å². The molecule has 114 valence electrons. The van der Waals surface area contributed by atoms with Crippen LogP contribution >= 0.6 is 0 Å². The van der Waals surface area contributed by atoms with Crippen LogP contribution in [0.4, 0.5) is 0 Å². The van der Waals surface area contributed by atoms with Gasteiger partial charge in [-0.05, 0) is 45.8 Å². The third-order valence-corrected chi connectivity index (χ3v) is 3.07. The summed E-state index contributed by atoms with van der Waals surface area (Å²) in [5.74, 6) is 0. The van der Waals surface area contributed by atoms with Crippen LogP contribution in [-0.4, -0.2) is 24.2 Å². The highest BCUT2D eigenvalue weighted by molar-refractivity contribution is 5.73. The molecule has 0 saturated heterocycles. The number of unbranched alkanes of at least 4 members (excludes halogenated alkanes) is 2. The Hall–Kier alpha value is -1.31. The number of hydrogen-bond donors (Lipinski definition) is 0. The molecule has 0 atom stereocenters. The van der Waals surface area contributed by atoms with E-state index in [1.54, 1.807) is 0 Å². The Morgan fingerprint density at radius 1 is 1.05 bits per heavy atom. The summed E-state index contributed by atoms with van der Waals surface area (Å²) in [4.78, 5) is 6.87. The smallest absolute Gasteiger partial charge is 0.0375 e. The minimum absolute atomic E-state index is 0.995. The van der Waals surface area contributed by atoms with E-state index in [9.17, 15) is 0 Å². The summed E-state index contributed by atoms with van der Waals surface area (Å²) in [6, 6.07) is 0. The van der Waals surface area contributed by atoms with Crippen LogP contribution in [-0.2, 0) is 0 Å². The lowest BCUT2D eigenvalue weighted by atomic mass is 10.2. The molecule has 0 aliphatic rings. The van der Waals surface area contributed by atoms with Crippen molar-refractivity contribution in [1.82, 2.24) is 4.90 Å². The van der Waals surface area contributed by atoms with Gasteiger partial charge >= 0.3 is 0 Å². The van der Waals surface area contributed by atoms with Crippen LogP contribution in [0.15, 0.2) is 40.7 Å². The number of hydrogen-bond acceptors (Lipinski definition) is 2. The molecule has 0 aliphatic carbocycles. The molecule has 0 bridgehead atoms. The lowest BCUT2D eigenvalue weighted by Gasteiger charge is -2.24. The maximum Gasteiger partial charge on any atom is 0.0375 e. The summed E-state index contributed by atoms with van der Waals surface area (Å²) in [7, 11) is 0. The summed E-state index contributed by atoms with van der Waals surface area (Å²) >= 11 is 0. The molecular formula is C18H32N2. The number of rotatable bonds is 10. The van der Waals surface area contributed by atoms with Crippen molar-refractivity contribution >= 4 is 6.21 Å². The van der Waals surface area contributed by atoms with E-state index in [2.05, 4.69) is 43.3 Å².